The largest absolute Gasteiger partial charge is 0.492 e. The first-order valence-electron chi connectivity index (χ1n) is 7.06. The van der Waals surface area contributed by atoms with Gasteiger partial charge in [0, 0.05) is 6.04 Å². The van der Waals surface area contributed by atoms with Crippen molar-refractivity contribution in [2.75, 3.05) is 6.61 Å². The van der Waals surface area contributed by atoms with E-state index < -0.39 is 0 Å². The molecule has 1 unspecified atom stereocenters. The number of aryl methyl sites for hydroxylation is 3. The van der Waals surface area contributed by atoms with Gasteiger partial charge in [-0.1, -0.05) is 35.9 Å². The van der Waals surface area contributed by atoms with Crippen LogP contribution in [-0.4, -0.2) is 12.6 Å². The van der Waals surface area contributed by atoms with Crippen LogP contribution in [0.1, 0.15) is 22.3 Å². The van der Waals surface area contributed by atoms with E-state index in [-0.39, 0.29) is 6.04 Å². The van der Waals surface area contributed by atoms with E-state index >= 15 is 0 Å². The molecule has 0 fully saturated rings. The molecule has 0 aliphatic rings. The van der Waals surface area contributed by atoms with Crippen LogP contribution in [-0.2, 0) is 6.42 Å². The lowest BCUT2D eigenvalue weighted by atomic mass is 9.95. The van der Waals surface area contributed by atoms with Gasteiger partial charge in [-0.3, -0.25) is 0 Å². The molecule has 0 aromatic heterocycles. The molecule has 20 heavy (non-hydrogen) atoms. The third-order valence-corrected chi connectivity index (χ3v) is 3.51. The Hall–Kier alpha value is -1.80. The van der Waals surface area contributed by atoms with Crippen molar-refractivity contribution in [1.82, 2.24) is 0 Å². The molecule has 106 valence electrons. The molecule has 0 aliphatic heterocycles. The van der Waals surface area contributed by atoms with Crippen LogP contribution >= 0.6 is 0 Å². The molecule has 2 N–H and O–H groups in total. The van der Waals surface area contributed by atoms with Gasteiger partial charge in [0.1, 0.15) is 12.4 Å². The van der Waals surface area contributed by atoms with Gasteiger partial charge in [0.15, 0.2) is 0 Å². The minimum atomic E-state index is 0.00955. The molecule has 1 atom stereocenters. The summed E-state index contributed by atoms with van der Waals surface area (Å²) in [5, 5.41) is 0. The first-order valence-corrected chi connectivity index (χ1v) is 7.06. The standard InChI is InChI=1S/C18H23NO/c1-13-9-14(2)18(15(3)10-13)11-16(19)12-20-17-7-5-4-6-8-17/h4-10,16H,11-12,19H2,1-3H3. The summed E-state index contributed by atoms with van der Waals surface area (Å²) in [6, 6.07) is 14.3. The second-order valence-corrected chi connectivity index (χ2v) is 5.47. The first kappa shape index (κ1) is 14.6. The van der Waals surface area contributed by atoms with Crippen LogP contribution in [0.15, 0.2) is 42.5 Å². The minimum absolute atomic E-state index is 0.00955. The van der Waals surface area contributed by atoms with Crippen LogP contribution in [0.4, 0.5) is 0 Å². The molecule has 2 heteroatoms. The molecule has 2 aromatic rings. The fourth-order valence-electron chi connectivity index (χ4n) is 2.57. The molecule has 0 spiro atoms. The molecule has 2 aromatic carbocycles. The first-order chi connectivity index (χ1) is 9.56. The summed E-state index contributed by atoms with van der Waals surface area (Å²) in [5.41, 5.74) is 11.5. The number of para-hydroxylation sites is 1. The van der Waals surface area contributed by atoms with Crippen molar-refractivity contribution in [2.24, 2.45) is 5.73 Å². The van der Waals surface area contributed by atoms with Crippen LogP contribution in [0.5, 0.6) is 5.75 Å². The highest BCUT2D eigenvalue weighted by molar-refractivity contribution is 5.38. The maximum Gasteiger partial charge on any atom is 0.119 e. The van der Waals surface area contributed by atoms with Gasteiger partial charge in [-0.15, -0.1) is 0 Å². The van der Waals surface area contributed by atoms with Crippen molar-refractivity contribution in [3.05, 3.63) is 64.7 Å². The molecule has 0 amide bonds. The zero-order valence-corrected chi connectivity index (χ0v) is 12.5. The van der Waals surface area contributed by atoms with Crippen molar-refractivity contribution in [3.63, 3.8) is 0 Å². The van der Waals surface area contributed by atoms with Crippen LogP contribution < -0.4 is 10.5 Å². The number of hydrogen-bond acceptors (Lipinski definition) is 2. The zero-order chi connectivity index (χ0) is 14.5. The number of nitrogens with two attached hydrogens (primary N) is 1. The third-order valence-electron chi connectivity index (χ3n) is 3.51. The molecular formula is C18H23NO. The maximum absolute atomic E-state index is 6.20. The summed E-state index contributed by atoms with van der Waals surface area (Å²) in [6.07, 6.45) is 0.852. The Bertz CT molecular complexity index is 540. The van der Waals surface area contributed by atoms with Crippen molar-refractivity contribution >= 4 is 0 Å². The van der Waals surface area contributed by atoms with Gasteiger partial charge in [-0.05, 0) is 56.0 Å². The van der Waals surface area contributed by atoms with Crippen molar-refractivity contribution in [1.29, 1.82) is 0 Å². The second kappa shape index (κ2) is 6.58. The van der Waals surface area contributed by atoms with Crippen LogP contribution in [0.25, 0.3) is 0 Å². The Morgan fingerprint density at radius 3 is 2.20 bits per heavy atom. The highest BCUT2D eigenvalue weighted by atomic mass is 16.5. The lowest BCUT2D eigenvalue weighted by molar-refractivity contribution is 0.287. The maximum atomic E-state index is 6.20. The highest BCUT2D eigenvalue weighted by Gasteiger charge is 2.10. The predicted octanol–water partition coefficient (Wildman–Crippen LogP) is 3.56. The van der Waals surface area contributed by atoms with E-state index in [0.29, 0.717) is 6.61 Å². The van der Waals surface area contributed by atoms with E-state index in [1.54, 1.807) is 0 Å². The van der Waals surface area contributed by atoms with E-state index in [1.807, 2.05) is 30.3 Å². The monoisotopic (exact) mass is 269 g/mol. The van der Waals surface area contributed by atoms with Gasteiger partial charge in [0.25, 0.3) is 0 Å². The summed E-state index contributed by atoms with van der Waals surface area (Å²) >= 11 is 0. The lowest BCUT2D eigenvalue weighted by Gasteiger charge is -2.17. The van der Waals surface area contributed by atoms with E-state index in [4.69, 9.17) is 10.5 Å². The van der Waals surface area contributed by atoms with Crippen molar-refractivity contribution < 1.29 is 4.74 Å². The smallest absolute Gasteiger partial charge is 0.119 e. The molecule has 2 nitrogen and oxygen atoms in total. The SMILES string of the molecule is Cc1cc(C)c(CC(N)COc2ccccc2)c(C)c1. The number of rotatable bonds is 5. The summed E-state index contributed by atoms with van der Waals surface area (Å²) in [4.78, 5) is 0. The Morgan fingerprint density at radius 1 is 1.00 bits per heavy atom. The Morgan fingerprint density at radius 2 is 1.60 bits per heavy atom. The lowest BCUT2D eigenvalue weighted by Crippen LogP contribution is -2.30. The van der Waals surface area contributed by atoms with E-state index in [9.17, 15) is 0 Å². The Labute approximate surface area is 121 Å². The molecule has 0 radical (unpaired) electrons. The minimum Gasteiger partial charge on any atom is -0.492 e. The van der Waals surface area contributed by atoms with Gasteiger partial charge in [-0.25, -0.2) is 0 Å². The molecule has 0 saturated heterocycles. The third kappa shape index (κ3) is 3.84. The van der Waals surface area contributed by atoms with E-state index in [0.717, 1.165) is 12.2 Å². The normalized spacial score (nSPS) is 12.2. The van der Waals surface area contributed by atoms with Gasteiger partial charge >= 0.3 is 0 Å². The molecule has 0 bridgehead atoms. The summed E-state index contributed by atoms with van der Waals surface area (Å²) < 4.78 is 5.72. The topological polar surface area (TPSA) is 35.2 Å². The quantitative estimate of drug-likeness (QED) is 0.900. The predicted molar refractivity (Wildman–Crippen MR) is 84.3 cm³/mol. The summed E-state index contributed by atoms with van der Waals surface area (Å²) in [5.74, 6) is 0.875. The highest BCUT2D eigenvalue weighted by Crippen LogP contribution is 2.18. The van der Waals surface area contributed by atoms with Gasteiger partial charge < -0.3 is 10.5 Å². The van der Waals surface area contributed by atoms with Crippen LogP contribution in [0.3, 0.4) is 0 Å². The molecular weight excluding hydrogens is 246 g/mol. The Balaban J connectivity index is 1.96. The van der Waals surface area contributed by atoms with Crippen molar-refractivity contribution in [2.45, 2.75) is 33.2 Å². The fourth-order valence-corrected chi connectivity index (χ4v) is 2.57. The molecule has 0 aliphatic carbocycles. The summed E-state index contributed by atoms with van der Waals surface area (Å²) in [6.45, 7) is 6.97. The fraction of sp³-hybridized carbons (Fsp3) is 0.333. The summed E-state index contributed by atoms with van der Waals surface area (Å²) in [7, 11) is 0. The number of benzene rings is 2. The van der Waals surface area contributed by atoms with Crippen molar-refractivity contribution in [3.8, 4) is 5.75 Å². The molecule has 2 rings (SSSR count). The average molecular weight is 269 g/mol. The van der Waals surface area contributed by atoms with E-state index in [1.165, 1.54) is 22.3 Å². The molecule has 0 heterocycles. The van der Waals surface area contributed by atoms with Gasteiger partial charge in [-0.2, -0.15) is 0 Å². The second-order valence-electron chi connectivity index (χ2n) is 5.47. The molecule has 0 saturated carbocycles. The number of ether oxygens (including phenoxy) is 1. The van der Waals surface area contributed by atoms with Gasteiger partial charge in [0.2, 0.25) is 0 Å². The van der Waals surface area contributed by atoms with Gasteiger partial charge in [0.05, 0.1) is 0 Å². The Kier molecular flexibility index (Phi) is 4.80. The average Bonchev–Trinajstić information content (AvgIpc) is 2.42. The van der Waals surface area contributed by atoms with E-state index in [2.05, 4.69) is 32.9 Å². The van der Waals surface area contributed by atoms with Crippen LogP contribution in [0, 0.1) is 20.8 Å². The van der Waals surface area contributed by atoms with Crippen LogP contribution in [0.2, 0.25) is 0 Å². The zero-order valence-electron chi connectivity index (χ0n) is 12.5. The number of hydrogen-bond donors (Lipinski definition) is 1.